The maximum atomic E-state index is 12.7. The maximum Gasteiger partial charge on any atom is 0.346 e. The molecule has 142 valence electrons. The largest absolute Gasteiger partial charge is 0.491 e. The van der Waals surface area contributed by atoms with Crippen LogP contribution in [0, 0.1) is 0 Å². The van der Waals surface area contributed by atoms with Gasteiger partial charge in [-0.1, -0.05) is 30.3 Å². The highest BCUT2D eigenvalue weighted by Gasteiger charge is 2.20. The summed E-state index contributed by atoms with van der Waals surface area (Å²) in [5.74, 6) is -1.18. The Labute approximate surface area is 162 Å². The minimum atomic E-state index is -0.796. The van der Waals surface area contributed by atoms with E-state index in [1.54, 1.807) is 24.3 Å². The molecule has 0 bridgehead atoms. The molecule has 0 aliphatic heterocycles. The van der Waals surface area contributed by atoms with Crippen molar-refractivity contribution in [3.05, 3.63) is 83.9 Å². The summed E-state index contributed by atoms with van der Waals surface area (Å²) in [5, 5.41) is 8.93. The fourth-order valence-electron chi connectivity index (χ4n) is 2.63. The molecule has 3 aromatic rings. The van der Waals surface area contributed by atoms with Crippen LogP contribution in [-0.2, 0) is 4.74 Å². The summed E-state index contributed by atoms with van der Waals surface area (Å²) in [5.41, 5.74) is 7.91. The molecule has 6 nitrogen and oxygen atoms in total. The number of anilines is 1. The van der Waals surface area contributed by atoms with Gasteiger partial charge < -0.3 is 20.3 Å². The molecule has 0 heterocycles. The molecule has 0 aliphatic rings. The van der Waals surface area contributed by atoms with Crippen LogP contribution in [-0.4, -0.2) is 30.3 Å². The summed E-state index contributed by atoms with van der Waals surface area (Å²) in [6.45, 7) is -0.0701. The molecule has 0 aromatic heterocycles. The third-order valence-corrected chi connectivity index (χ3v) is 3.99. The second kappa shape index (κ2) is 8.83. The van der Waals surface area contributed by atoms with Gasteiger partial charge in [-0.05, 0) is 53.6 Å². The molecule has 0 fully saturated rings. The molecule has 3 rings (SSSR count). The molecular formula is C22H19NO5. The normalized spacial score (nSPS) is 10.3. The SMILES string of the molecule is Nc1ccc(C(=O)OC(=O)c2cc(OCCO)ccc2-c2ccccc2)cc1. The Bertz CT molecular complexity index is 968. The van der Waals surface area contributed by atoms with E-state index in [0.29, 0.717) is 17.0 Å². The van der Waals surface area contributed by atoms with Crippen molar-refractivity contribution in [3.63, 3.8) is 0 Å². The topological polar surface area (TPSA) is 98.9 Å². The number of aliphatic hydroxyl groups excluding tert-OH is 1. The maximum absolute atomic E-state index is 12.7. The number of rotatable bonds is 6. The van der Waals surface area contributed by atoms with Gasteiger partial charge in [-0.3, -0.25) is 0 Å². The summed E-state index contributed by atoms with van der Waals surface area (Å²) < 4.78 is 10.4. The van der Waals surface area contributed by atoms with E-state index in [1.807, 2.05) is 30.3 Å². The minimum Gasteiger partial charge on any atom is -0.491 e. The number of aliphatic hydroxyl groups is 1. The molecule has 0 radical (unpaired) electrons. The van der Waals surface area contributed by atoms with Gasteiger partial charge in [0, 0.05) is 5.69 Å². The van der Waals surface area contributed by atoms with Crippen LogP contribution in [0.15, 0.2) is 72.8 Å². The lowest BCUT2D eigenvalue weighted by Crippen LogP contribution is -2.14. The van der Waals surface area contributed by atoms with Crippen LogP contribution in [0.5, 0.6) is 5.75 Å². The fourth-order valence-corrected chi connectivity index (χ4v) is 2.63. The second-order valence-corrected chi connectivity index (χ2v) is 5.94. The highest BCUT2D eigenvalue weighted by molar-refractivity contribution is 6.06. The van der Waals surface area contributed by atoms with E-state index in [9.17, 15) is 9.59 Å². The highest BCUT2D eigenvalue weighted by Crippen LogP contribution is 2.28. The lowest BCUT2D eigenvalue weighted by molar-refractivity contribution is 0.0398. The quantitative estimate of drug-likeness (QED) is 0.388. The number of nitrogen functional groups attached to an aromatic ring is 1. The number of carbonyl (C=O) groups is 2. The van der Waals surface area contributed by atoms with Gasteiger partial charge in [-0.25, -0.2) is 9.59 Å². The fraction of sp³-hybridized carbons (Fsp3) is 0.0909. The van der Waals surface area contributed by atoms with Crippen LogP contribution in [0.4, 0.5) is 5.69 Å². The van der Waals surface area contributed by atoms with Gasteiger partial charge in [0.25, 0.3) is 0 Å². The first-order chi connectivity index (χ1) is 13.6. The molecule has 3 aromatic carbocycles. The van der Waals surface area contributed by atoms with Crippen molar-refractivity contribution < 1.29 is 24.2 Å². The number of carbonyl (C=O) groups excluding carboxylic acids is 2. The van der Waals surface area contributed by atoms with E-state index in [-0.39, 0.29) is 24.3 Å². The van der Waals surface area contributed by atoms with Crippen molar-refractivity contribution in [3.8, 4) is 16.9 Å². The van der Waals surface area contributed by atoms with Gasteiger partial charge >= 0.3 is 11.9 Å². The number of benzene rings is 3. The Balaban J connectivity index is 1.91. The van der Waals surface area contributed by atoms with E-state index in [2.05, 4.69) is 0 Å². The van der Waals surface area contributed by atoms with E-state index < -0.39 is 11.9 Å². The first-order valence-electron chi connectivity index (χ1n) is 8.63. The van der Waals surface area contributed by atoms with E-state index in [1.165, 1.54) is 18.2 Å². The molecule has 0 saturated carbocycles. The molecule has 0 aliphatic carbocycles. The monoisotopic (exact) mass is 377 g/mol. The van der Waals surface area contributed by atoms with E-state index in [4.69, 9.17) is 20.3 Å². The van der Waals surface area contributed by atoms with Crippen molar-refractivity contribution in [2.45, 2.75) is 0 Å². The predicted octanol–water partition coefficient (Wildman–Crippen LogP) is 3.30. The Morgan fingerprint density at radius 3 is 2.29 bits per heavy atom. The minimum absolute atomic E-state index is 0.0868. The Morgan fingerprint density at radius 1 is 0.893 bits per heavy atom. The van der Waals surface area contributed by atoms with Crippen LogP contribution < -0.4 is 10.5 Å². The van der Waals surface area contributed by atoms with Crippen LogP contribution in [0.3, 0.4) is 0 Å². The van der Waals surface area contributed by atoms with Crippen LogP contribution in [0.2, 0.25) is 0 Å². The average Bonchev–Trinajstić information content (AvgIpc) is 2.73. The standard InChI is InChI=1S/C22H19NO5/c23-17-8-6-16(7-9-17)21(25)28-22(26)20-14-18(27-13-12-24)10-11-19(20)15-4-2-1-3-5-15/h1-11,14,24H,12-13,23H2. The molecule has 0 atom stereocenters. The number of ether oxygens (including phenoxy) is 2. The number of hydrogen-bond donors (Lipinski definition) is 2. The number of nitrogens with two attached hydrogens (primary N) is 1. The zero-order valence-electron chi connectivity index (χ0n) is 15.0. The first-order valence-corrected chi connectivity index (χ1v) is 8.63. The molecular weight excluding hydrogens is 358 g/mol. The van der Waals surface area contributed by atoms with Crippen LogP contribution in [0.25, 0.3) is 11.1 Å². The zero-order chi connectivity index (χ0) is 19.9. The highest BCUT2D eigenvalue weighted by atomic mass is 16.6. The van der Waals surface area contributed by atoms with Gasteiger partial charge in [-0.15, -0.1) is 0 Å². The predicted molar refractivity (Wildman–Crippen MR) is 105 cm³/mol. The summed E-state index contributed by atoms with van der Waals surface area (Å²) in [6, 6.07) is 20.3. The third kappa shape index (κ3) is 4.55. The second-order valence-electron chi connectivity index (χ2n) is 5.94. The molecule has 0 amide bonds. The first kappa shape index (κ1) is 19.1. The molecule has 28 heavy (non-hydrogen) atoms. The van der Waals surface area contributed by atoms with Crippen molar-refractivity contribution in [2.75, 3.05) is 18.9 Å². The molecule has 0 spiro atoms. The van der Waals surface area contributed by atoms with Gasteiger partial charge in [0.15, 0.2) is 0 Å². The summed E-state index contributed by atoms with van der Waals surface area (Å²) in [4.78, 5) is 25.0. The molecule has 3 N–H and O–H groups in total. The van der Waals surface area contributed by atoms with Gasteiger partial charge in [-0.2, -0.15) is 0 Å². The lowest BCUT2D eigenvalue weighted by Gasteiger charge is -2.12. The summed E-state index contributed by atoms with van der Waals surface area (Å²) in [7, 11) is 0. The molecule has 0 unspecified atom stereocenters. The lowest BCUT2D eigenvalue weighted by atomic mass is 9.99. The Hall–Kier alpha value is -3.64. The van der Waals surface area contributed by atoms with Crippen molar-refractivity contribution >= 4 is 17.6 Å². The Morgan fingerprint density at radius 2 is 1.61 bits per heavy atom. The smallest absolute Gasteiger partial charge is 0.346 e. The van der Waals surface area contributed by atoms with Crippen LogP contribution >= 0.6 is 0 Å². The average molecular weight is 377 g/mol. The number of hydrogen-bond acceptors (Lipinski definition) is 6. The van der Waals surface area contributed by atoms with Gasteiger partial charge in [0.2, 0.25) is 0 Å². The van der Waals surface area contributed by atoms with Crippen molar-refractivity contribution in [1.29, 1.82) is 0 Å². The van der Waals surface area contributed by atoms with Gasteiger partial charge in [0.1, 0.15) is 12.4 Å². The van der Waals surface area contributed by atoms with Gasteiger partial charge in [0.05, 0.1) is 17.7 Å². The molecule has 0 saturated heterocycles. The van der Waals surface area contributed by atoms with Crippen LogP contribution in [0.1, 0.15) is 20.7 Å². The van der Waals surface area contributed by atoms with Crippen molar-refractivity contribution in [2.24, 2.45) is 0 Å². The third-order valence-electron chi connectivity index (χ3n) is 3.99. The summed E-state index contributed by atoms with van der Waals surface area (Å²) in [6.07, 6.45) is 0. The number of esters is 2. The Kier molecular flexibility index (Phi) is 6.04. The van der Waals surface area contributed by atoms with E-state index in [0.717, 1.165) is 5.56 Å². The molecule has 6 heteroatoms. The van der Waals surface area contributed by atoms with E-state index >= 15 is 0 Å². The summed E-state index contributed by atoms with van der Waals surface area (Å²) >= 11 is 0. The van der Waals surface area contributed by atoms with Crippen molar-refractivity contribution in [1.82, 2.24) is 0 Å². The zero-order valence-corrected chi connectivity index (χ0v) is 15.0.